The normalized spacial score (nSPS) is 51.1. The molecule has 4 unspecified atom stereocenters. The van der Waals surface area contributed by atoms with Crippen LogP contribution in [0.1, 0.15) is 26.2 Å². The molecule has 3 fully saturated rings. The van der Waals surface area contributed by atoms with E-state index in [9.17, 15) is 4.79 Å². The standard InChI is InChI=1S/C12H19NO/c1-7(14)12-11-9-4-3-8(5-9)10(11)6-13(12)2/h8-12H,3-6H2,1-2H3/t8?,9?,10?,11?,12-/m1/s1. The molecule has 2 bridgehead atoms. The third kappa shape index (κ3) is 0.979. The summed E-state index contributed by atoms with van der Waals surface area (Å²) < 4.78 is 0. The number of likely N-dealkylation sites (N-methyl/N-ethyl adjacent to an activating group) is 1. The fourth-order valence-corrected chi connectivity index (χ4v) is 4.54. The largest absolute Gasteiger partial charge is 0.298 e. The lowest BCUT2D eigenvalue weighted by Gasteiger charge is -2.27. The number of hydrogen-bond acceptors (Lipinski definition) is 2. The number of hydrogen-bond donors (Lipinski definition) is 0. The minimum absolute atomic E-state index is 0.260. The van der Waals surface area contributed by atoms with E-state index in [-0.39, 0.29) is 6.04 Å². The van der Waals surface area contributed by atoms with Gasteiger partial charge in [0.15, 0.2) is 0 Å². The molecule has 0 aromatic carbocycles. The summed E-state index contributed by atoms with van der Waals surface area (Å²) >= 11 is 0. The first-order valence-corrected chi connectivity index (χ1v) is 5.89. The van der Waals surface area contributed by atoms with Gasteiger partial charge >= 0.3 is 0 Å². The Morgan fingerprint density at radius 1 is 1.29 bits per heavy atom. The molecular weight excluding hydrogens is 174 g/mol. The topological polar surface area (TPSA) is 20.3 Å². The lowest BCUT2D eigenvalue weighted by Crippen LogP contribution is -2.38. The van der Waals surface area contributed by atoms with Crippen LogP contribution < -0.4 is 0 Å². The van der Waals surface area contributed by atoms with Gasteiger partial charge in [-0.3, -0.25) is 9.69 Å². The highest BCUT2D eigenvalue weighted by molar-refractivity contribution is 5.82. The lowest BCUT2D eigenvalue weighted by molar-refractivity contribution is -0.122. The zero-order valence-corrected chi connectivity index (χ0v) is 9.07. The highest BCUT2D eigenvalue weighted by atomic mass is 16.1. The van der Waals surface area contributed by atoms with Gasteiger partial charge < -0.3 is 0 Å². The van der Waals surface area contributed by atoms with Crippen LogP contribution in [-0.4, -0.2) is 30.3 Å². The van der Waals surface area contributed by atoms with Gasteiger partial charge in [0.05, 0.1) is 6.04 Å². The summed E-state index contributed by atoms with van der Waals surface area (Å²) in [5.41, 5.74) is 0. The Balaban J connectivity index is 1.91. The van der Waals surface area contributed by atoms with E-state index in [1.165, 1.54) is 25.8 Å². The maximum Gasteiger partial charge on any atom is 0.147 e. The molecule has 1 saturated heterocycles. The molecule has 2 saturated carbocycles. The van der Waals surface area contributed by atoms with Crippen LogP contribution in [0.15, 0.2) is 0 Å². The van der Waals surface area contributed by atoms with E-state index >= 15 is 0 Å². The highest BCUT2D eigenvalue weighted by Gasteiger charge is 2.56. The highest BCUT2D eigenvalue weighted by Crippen LogP contribution is 2.57. The fraction of sp³-hybridized carbons (Fsp3) is 0.917. The first kappa shape index (κ1) is 8.90. The average molecular weight is 193 g/mol. The van der Waals surface area contributed by atoms with Crippen LogP contribution in [0.25, 0.3) is 0 Å². The molecule has 2 nitrogen and oxygen atoms in total. The predicted octanol–water partition coefficient (Wildman–Crippen LogP) is 1.55. The van der Waals surface area contributed by atoms with E-state index < -0.39 is 0 Å². The van der Waals surface area contributed by atoms with Crippen molar-refractivity contribution in [3.8, 4) is 0 Å². The summed E-state index contributed by atoms with van der Waals surface area (Å²) in [5, 5.41) is 0. The molecule has 0 N–H and O–H groups in total. The summed E-state index contributed by atoms with van der Waals surface area (Å²) in [6.07, 6.45) is 4.25. The van der Waals surface area contributed by atoms with Crippen LogP contribution in [0.2, 0.25) is 0 Å². The molecule has 0 spiro atoms. The number of Topliss-reactive ketones (excluding diaryl/α,β-unsaturated/α-hetero) is 1. The molecule has 14 heavy (non-hydrogen) atoms. The quantitative estimate of drug-likeness (QED) is 0.630. The molecule has 0 aromatic heterocycles. The minimum Gasteiger partial charge on any atom is -0.298 e. The SMILES string of the molecule is CC(=O)[C@@H]1C2C3CCC(C3)C2CN1C. The van der Waals surface area contributed by atoms with Crippen molar-refractivity contribution >= 4 is 5.78 Å². The van der Waals surface area contributed by atoms with Crippen molar-refractivity contribution in [3.05, 3.63) is 0 Å². The van der Waals surface area contributed by atoms with Gasteiger partial charge in [-0.2, -0.15) is 0 Å². The van der Waals surface area contributed by atoms with Crippen LogP contribution >= 0.6 is 0 Å². The van der Waals surface area contributed by atoms with E-state index in [1.54, 1.807) is 6.92 Å². The van der Waals surface area contributed by atoms with Gasteiger partial charge in [-0.05, 0) is 56.9 Å². The van der Waals surface area contributed by atoms with Gasteiger partial charge in [-0.15, -0.1) is 0 Å². The Morgan fingerprint density at radius 3 is 2.71 bits per heavy atom. The second kappa shape index (κ2) is 2.82. The Labute approximate surface area is 85.7 Å². The molecule has 0 radical (unpaired) electrons. The molecule has 78 valence electrons. The Bertz CT molecular complexity index is 275. The molecule has 0 aromatic rings. The average Bonchev–Trinajstić information content (AvgIpc) is 2.70. The van der Waals surface area contributed by atoms with E-state index in [4.69, 9.17) is 0 Å². The van der Waals surface area contributed by atoms with Gasteiger partial charge in [0.2, 0.25) is 0 Å². The number of carbonyl (C=O) groups is 1. The summed E-state index contributed by atoms with van der Waals surface area (Å²) in [4.78, 5) is 13.9. The first-order valence-electron chi connectivity index (χ1n) is 5.89. The molecule has 3 aliphatic rings. The lowest BCUT2D eigenvalue weighted by atomic mass is 9.77. The number of rotatable bonds is 1. The van der Waals surface area contributed by atoms with Crippen molar-refractivity contribution in [2.75, 3.05) is 13.6 Å². The van der Waals surface area contributed by atoms with Gasteiger partial charge in [0.1, 0.15) is 5.78 Å². The van der Waals surface area contributed by atoms with Gasteiger partial charge in [-0.25, -0.2) is 0 Å². The van der Waals surface area contributed by atoms with Crippen molar-refractivity contribution in [3.63, 3.8) is 0 Å². The monoisotopic (exact) mass is 193 g/mol. The van der Waals surface area contributed by atoms with Crippen LogP contribution in [0.5, 0.6) is 0 Å². The molecule has 1 heterocycles. The number of nitrogens with zero attached hydrogens (tertiary/aromatic N) is 1. The maximum absolute atomic E-state index is 11.6. The van der Waals surface area contributed by atoms with Gasteiger partial charge in [0, 0.05) is 6.54 Å². The zero-order valence-electron chi connectivity index (χ0n) is 9.07. The van der Waals surface area contributed by atoms with Crippen LogP contribution in [0, 0.1) is 23.7 Å². The number of ketones is 1. The fourth-order valence-electron chi connectivity index (χ4n) is 4.54. The summed E-state index contributed by atoms with van der Waals surface area (Å²) in [7, 11) is 2.13. The van der Waals surface area contributed by atoms with E-state index in [2.05, 4.69) is 11.9 Å². The van der Waals surface area contributed by atoms with Crippen molar-refractivity contribution < 1.29 is 4.79 Å². The Morgan fingerprint density at radius 2 is 2.00 bits per heavy atom. The number of fused-ring (bicyclic) bond motifs is 5. The van der Waals surface area contributed by atoms with Gasteiger partial charge in [-0.1, -0.05) is 0 Å². The van der Waals surface area contributed by atoms with E-state index in [1.807, 2.05) is 0 Å². The van der Waals surface area contributed by atoms with Gasteiger partial charge in [0.25, 0.3) is 0 Å². The third-order valence-corrected chi connectivity index (χ3v) is 4.91. The molecular formula is C12H19NO. The zero-order chi connectivity index (χ0) is 9.87. The van der Waals surface area contributed by atoms with E-state index in [0.717, 1.165) is 23.7 Å². The number of likely N-dealkylation sites (tertiary alicyclic amines) is 1. The number of carbonyl (C=O) groups excluding carboxylic acids is 1. The molecule has 1 aliphatic heterocycles. The van der Waals surface area contributed by atoms with Crippen LogP contribution in [0.4, 0.5) is 0 Å². The van der Waals surface area contributed by atoms with Crippen LogP contribution in [0.3, 0.4) is 0 Å². The summed E-state index contributed by atoms with van der Waals surface area (Å²) in [6, 6.07) is 0.260. The van der Waals surface area contributed by atoms with Crippen molar-refractivity contribution in [2.24, 2.45) is 23.7 Å². The smallest absolute Gasteiger partial charge is 0.147 e. The molecule has 2 heteroatoms. The van der Waals surface area contributed by atoms with Crippen molar-refractivity contribution in [1.82, 2.24) is 4.90 Å². The molecule has 0 amide bonds. The first-order chi connectivity index (χ1) is 6.68. The second-order valence-corrected chi connectivity index (χ2v) is 5.57. The summed E-state index contributed by atoms with van der Waals surface area (Å²) in [5.74, 6) is 3.80. The van der Waals surface area contributed by atoms with Crippen LogP contribution in [-0.2, 0) is 4.79 Å². The maximum atomic E-state index is 11.6. The summed E-state index contributed by atoms with van der Waals surface area (Å²) in [6.45, 7) is 2.95. The molecule has 3 rings (SSSR count). The predicted molar refractivity (Wildman–Crippen MR) is 54.9 cm³/mol. The van der Waals surface area contributed by atoms with Crippen molar-refractivity contribution in [2.45, 2.75) is 32.2 Å². The third-order valence-electron chi connectivity index (χ3n) is 4.91. The second-order valence-electron chi connectivity index (χ2n) is 5.57. The Kier molecular flexibility index (Phi) is 1.79. The Hall–Kier alpha value is -0.370. The van der Waals surface area contributed by atoms with Crippen molar-refractivity contribution in [1.29, 1.82) is 0 Å². The molecule has 2 aliphatic carbocycles. The van der Waals surface area contributed by atoms with E-state index in [0.29, 0.717) is 5.78 Å². The minimum atomic E-state index is 0.260. The molecule has 5 atom stereocenters.